The van der Waals surface area contributed by atoms with Gasteiger partial charge in [0, 0.05) is 18.7 Å². The SMILES string of the molecule is Cc1ccc(S(=O)(=O)N2CCNC(=O)C2CC(=O)N[C@@H]2CCCc3cc(C=O)ccc32)cc1. The third kappa shape index (κ3) is 4.84. The predicted octanol–water partition coefficient (Wildman–Crippen LogP) is 1.88. The van der Waals surface area contributed by atoms with Gasteiger partial charge in [-0.25, -0.2) is 8.42 Å². The molecular formula is C24H27N3O5S. The van der Waals surface area contributed by atoms with E-state index in [1.165, 1.54) is 12.1 Å². The molecule has 0 radical (unpaired) electrons. The number of nitrogens with zero attached hydrogens (tertiary/aromatic N) is 1. The highest BCUT2D eigenvalue weighted by atomic mass is 32.2. The smallest absolute Gasteiger partial charge is 0.243 e. The van der Waals surface area contributed by atoms with Crippen molar-refractivity contribution in [2.24, 2.45) is 0 Å². The first-order chi connectivity index (χ1) is 15.8. The van der Waals surface area contributed by atoms with Crippen LogP contribution in [-0.4, -0.2) is 50.0 Å². The Labute approximate surface area is 193 Å². The second kappa shape index (κ2) is 9.44. The highest BCUT2D eigenvalue weighted by molar-refractivity contribution is 7.89. The number of aldehydes is 1. The normalized spacial score (nSPS) is 21.1. The first-order valence-electron chi connectivity index (χ1n) is 11.0. The second-order valence-electron chi connectivity index (χ2n) is 8.53. The fourth-order valence-electron chi connectivity index (χ4n) is 4.51. The summed E-state index contributed by atoms with van der Waals surface area (Å²) in [7, 11) is -3.94. The summed E-state index contributed by atoms with van der Waals surface area (Å²) >= 11 is 0. The molecule has 1 saturated heterocycles. The minimum Gasteiger partial charge on any atom is -0.353 e. The van der Waals surface area contributed by atoms with Crippen LogP contribution in [0.4, 0.5) is 0 Å². The van der Waals surface area contributed by atoms with E-state index in [-0.39, 0.29) is 30.4 Å². The first-order valence-corrected chi connectivity index (χ1v) is 12.5. The molecule has 9 heteroatoms. The van der Waals surface area contributed by atoms with Gasteiger partial charge in [0.05, 0.1) is 17.4 Å². The number of aryl methyl sites for hydroxylation is 2. The number of amides is 2. The maximum Gasteiger partial charge on any atom is 0.243 e. The van der Waals surface area contributed by atoms with Gasteiger partial charge in [0.2, 0.25) is 21.8 Å². The summed E-state index contributed by atoms with van der Waals surface area (Å²) in [6.45, 7) is 2.15. The van der Waals surface area contributed by atoms with Crippen molar-refractivity contribution in [3.63, 3.8) is 0 Å². The van der Waals surface area contributed by atoms with Gasteiger partial charge >= 0.3 is 0 Å². The lowest BCUT2D eigenvalue weighted by atomic mass is 9.86. The van der Waals surface area contributed by atoms with Gasteiger partial charge in [-0.1, -0.05) is 29.8 Å². The molecule has 1 fully saturated rings. The van der Waals surface area contributed by atoms with Crippen LogP contribution in [0.5, 0.6) is 0 Å². The molecule has 2 amide bonds. The molecule has 1 aliphatic heterocycles. The van der Waals surface area contributed by atoms with E-state index in [4.69, 9.17) is 0 Å². The van der Waals surface area contributed by atoms with Crippen LogP contribution in [0.25, 0.3) is 0 Å². The summed E-state index contributed by atoms with van der Waals surface area (Å²) in [4.78, 5) is 36.7. The number of carbonyl (C=O) groups excluding carboxylic acids is 3. The highest BCUT2D eigenvalue weighted by Crippen LogP contribution is 2.30. The Bertz CT molecular complexity index is 1180. The molecule has 33 heavy (non-hydrogen) atoms. The van der Waals surface area contributed by atoms with Gasteiger partial charge < -0.3 is 10.6 Å². The average molecular weight is 470 g/mol. The number of benzene rings is 2. The Morgan fingerprint density at radius 1 is 1.21 bits per heavy atom. The lowest BCUT2D eigenvalue weighted by molar-refractivity contribution is -0.132. The number of nitrogens with one attached hydrogen (secondary N) is 2. The zero-order chi connectivity index (χ0) is 23.6. The average Bonchev–Trinajstić information content (AvgIpc) is 2.80. The van der Waals surface area contributed by atoms with Crippen molar-refractivity contribution in [1.29, 1.82) is 0 Å². The molecule has 0 saturated carbocycles. The number of piperazine rings is 1. The summed E-state index contributed by atoms with van der Waals surface area (Å²) in [5.74, 6) is -0.870. The molecule has 0 spiro atoms. The highest BCUT2D eigenvalue weighted by Gasteiger charge is 2.40. The molecular weight excluding hydrogens is 442 g/mol. The maximum atomic E-state index is 13.2. The van der Waals surface area contributed by atoms with Gasteiger partial charge in [0.15, 0.2) is 0 Å². The van der Waals surface area contributed by atoms with Gasteiger partial charge in [-0.3, -0.25) is 14.4 Å². The van der Waals surface area contributed by atoms with Gasteiger partial charge in [-0.05, 0) is 55.5 Å². The fraction of sp³-hybridized carbons (Fsp3) is 0.375. The number of sulfonamides is 1. The van der Waals surface area contributed by atoms with Crippen molar-refractivity contribution in [2.45, 2.75) is 49.6 Å². The molecule has 0 bridgehead atoms. The summed E-state index contributed by atoms with van der Waals surface area (Å²) in [5, 5.41) is 5.64. The van der Waals surface area contributed by atoms with E-state index in [1.807, 2.05) is 19.1 Å². The van der Waals surface area contributed by atoms with E-state index in [2.05, 4.69) is 10.6 Å². The molecule has 1 heterocycles. The van der Waals surface area contributed by atoms with Crippen molar-refractivity contribution in [3.05, 3.63) is 64.7 Å². The Hall–Kier alpha value is -3.04. The zero-order valence-electron chi connectivity index (χ0n) is 18.4. The van der Waals surface area contributed by atoms with Crippen molar-refractivity contribution >= 4 is 28.1 Å². The number of rotatable bonds is 6. The van der Waals surface area contributed by atoms with E-state index < -0.39 is 27.9 Å². The summed E-state index contributed by atoms with van der Waals surface area (Å²) < 4.78 is 27.6. The van der Waals surface area contributed by atoms with Crippen molar-refractivity contribution < 1.29 is 22.8 Å². The third-order valence-corrected chi connectivity index (χ3v) is 8.16. The predicted molar refractivity (Wildman–Crippen MR) is 122 cm³/mol. The molecule has 174 valence electrons. The van der Waals surface area contributed by atoms with Crippen LogP contribution in [0.1, 0.15) is 52.4 Å². The zero-order valence-corrected chi connectivity index (χ0v) is 19.2. The first kappa shape index (κ1) is 23.1. The van der Waals surface area contributed by atoms with E-state index in [9.17, 15) is 22.8 Å². The molecule has 2 aliphatic rings. The fourth-order valence-corrected chi connectivity index (χ4v) is 6.10. The Morgan fingerprint density at radius 3 is 2.70 bits per heavy atom. The number of hydrogen-bond donors (Lipinski definition) is 2. The molecule has 2 atom stereocenters. The van der Waals surface area contributed by atoms with Gasteiger partial charge in [0.25, 0.3) is 0 Å². The van der Waals surface area contributed by atoms with Crippen LogP contribution in [-0.2, 0) is 26.0 Å². The van der Waals surface area contributed by atoms with Crippen LogP contribution in [0, 0.1) is 6.92 Å². The van der Waals surface area contributed by atoms with Crippen LogP contribution in [0.2, 0.25) is 0 Å². The Kier molecular flexibility index (Phi) is 6.62. The van der Waals surface area contributed by atoms with E-state index >= 15 is 0 Å². The molecule has 0 aromatic heterocycles. The van der Waals surface area contributed by atoms with E-state index in [0.29, 0.717) is 5.56 Å². The van der Waals surface area contributed by atoms with Crippen molar-refractivity contribution in [3.8, 4) is 0 Å². The largest absolute Gasteiger partial charge is 0.353 e. The molecule has 2 aromatic rings. The standard InChI is InChI=1S/C24H27N3O5S/c1-16-5-8-19(9-6-16)33(31,32)27-12-11-25-24(30)22(27)14-23(29)26-21-4-2-3-18-13-17(15-28)7-10-20(18)21/h5-10,13,15,21-22H,2-4,11-12,14H2,1H3,(H,25,30)(H,26,29)/t21-,22?/m1/s1. The minimum atomic E-state index is -3.94. The number of hydrogen-bond acceptors (Lipinski definition) is 5. The van der Waals surface area contributed by atoms with Gasteiger partial charge in [-0.15, -0.1) is 0 Å². The molecule has 8 nitrogen and oxygen atoms in total. The summed E-state index contributed by atoms with van der Waals surface area (Å²) in [5.41, 5.74) is 3.50. The number of carbonyl (C=O) groups is 3. The van der Waals surface area contributed by atoms with Crippen LogP contribution >= 0.6 is 0 Å². The van der Waals surface area contributed by atoms with Crippen molar-refractivity contribution in [1.82, 2.24) is 14.9 Å². The van der Waals surface area contributed by atoms with E-state index in [1.54, 1.807) is 18.2 Å². The topological polar surface area (TPSA) is 113 Å². The molecule has 1 aliphatic carbocycles. The van der Waals surface area contributed by atoms with Gasteiger partial charge in [0.1, 0.15) is 12.3 Å². The third-order valence-electron chi connectivity index (χ3n) is 6.24. The maximum absolute atomic E-state index is 13.2. The van der Waals surface area contributed by atoms with Gasteiger partial charge in [-0.2, -0.15) is 4.31 Å². The monoisotopic (exact) mass is 469 g/mol. The molecule has 1 unspecified atom stereocenters. The summed E-state index contributed by atoms with van der Waals surface area (Å²) in [6, 6.07) is 10.5. The Balaban J connectivity index is 1.52. The lowest BCUT2D eigenvalue weighted by Crippen LogP contribution is -2.58. The molecule has 2 N–H and O–H groups in total. The summed E-state index contributed by atoms with van der Waals surface area (Å²) in [6.07, 6.45) is 2.96. The number of fused-ring (bicyclic) bond motifs is 1. The van der Waals surface area contributed by atoms with E-state index in [0.717, 1.165) is 46.5 Å². The lowest BCUT2D eigenvalue weighted by Gasteiger charge is -2.34. The van der Waals surface area contributed by atoms with Crippen LogP contribution in [0.3, 0.4) is 0 Å². The van der Waals surface area contributed by atoms with Crippen LogP contribution in [0.15, 0.2) is 47.4 Å². The minimum absolute atomic E-state index is 0.0976. The van der Waals surface area contributed by atoms with Crippen LogP contribution < -0.4 is 10.6 Å². The second-order valence-corrected chi connectivity index (χ2v) is 10.4. The Morgan fingerprint density at radius 2 is 1.97 bits per heavy atom. The molecule has 2 aromatic carbocycles. The van der Waals surface area contributed by atoms with Crippen molar-refractivity contribution in [2.75, 3.05) is 13.1 Å². The quantitative estimate of drug-likeness (QED) is 0.628. The molecule has 4 rings (SSSR count).